The molecule has 27 heavy (non-hydrogen) atoms. The van der Waals surface area contributed by atoms with Gasteiger partial charge in [0.05, 0.1) is 26.3 Å². The standard InChI is InChI=1S/C17H16FN3O5S/c1-24-11-7-8-14(25-2)15(9-11)27(22,23)19-10-16-20-21-17(26-16)12-5-3-4-6-13(12)18/h3-9,19H,10H2,1-2H3. The number of nitrogens with one attached hydrogen (secondary N) is 1. The molecule has 142 valence electrons. The van der Waals surface area contributed by atoms with Gasteiger partial charge in [0.15, 0.2) is 0 Å². The first-order valence-corrected chi connectivity index (χ1v) is 9.22. The summed E-state index contributed by atoms with van der Waals surface area (Å²) in [5.41, 5.74) is 0.133. The second-order valence-electron chi connectivity index (χ2n) is 5.32. The lowest BCUT2D eigenvalue weighted by Gasteiger charge is -2.11. The number of ether oxygens (including phenoxy) is 2. The summed E-state index contributed by atoms with van der Waals surface area (Å²) in [6.07, 6.45) is 0. The van der Waals surface area contributed by atoms with Gasteiger partial charge in [-0.25, -0.2) is 17.5 Å². The zero-order valence-electron chi connectivity index (χ0n) is 14.5. The Morgan fingerprint density at radius 3 is 2.59 bits per heavy atom. The summed E-state index contributed by atoms with van der Waals surface area (Å²) in [6.45, 7) is -0.274. The average Bonchev–Trinajstić information content (AvgIpc) is 3.15. The van der Waals surface area contributed by atoms with Gasteiger partial charge in [-0.1, -0.05) is 12.1 Å². The molecule has 10 heteroatoms. The van der Waals surface area contributed by atoms with E-state index >= 15 is 0 Å². The summed E-state index contributed by atoms with van der Waals surface area (Å²) in [4.78, 5) is -0.0989. The number of methoxy groups -OCH3 is 2. The van der Waals surface area contributed by atoms with Crippen LogP contribution in [-0.2, 0) is 16.6 Å². The molecule has 1 aromatic heterocycles. The maximum absolute atomic E-state index is 13.8. The van der Waals surface area contributed by atoms with Gasteiger partial charge in [-0.2, -0.15) is 0 Å². The molecule has 0 aliphatic rings. The molecular formula is C17H16FN3O5S. The highest BCUT2D eigenvalue weighted by molar-refractivity contribution is 7.89. The SMILES string of the molecule is COc1ccc(OC)c(S(=O)(=O)NCc2nnc(-c3ccccc3F)o2)c1. The van der Waals surface area contributed by atoms with E-state index in [4.69, 9.17) is 13.9 Å². The van der Waals surface area contributed by atoms with Crippen molar-refractivity contribution in [3.8, 4) is 23.0 Å². The molecule has 0 radical (unpaired) electrons. The van der Waals surface area contributed by atoms with E-state index < -0.39 is 15.8 Å². The van der Waals surface area contributed by atoms with Crippen molar-refractivity contribution in [3.63, 3.8) is 0 Å². The summed E-state index contributed by atoms with van der Waals surface area (Å²) in [6, 6.07) is 10.3. The van der Waals surface area contributed by atoms with Crippen LogP contribution in [0.2, 0.25) is 0 Å². The molecule has 0 spiro atoms. The molecule has 1 heterocycles. The van der Waals surface area contributed by atoms with Crippen LogP contribution >= 0.6 is 0 Å². The van der Waals surface area contributed by atoms with Crippen LogP contribution < -0.4 is 14.2 Å². The molecule has 0 unspecified atom stereocenters. The molecule has 0 atom stereocenters. The van der Waals surface area contributed by atoms with E-state index in [9.17, 15) is 12.8 Å². The Morgan fingerprint density at radius 1 is 1.11 bits per heavy atom. The number of aromatic nitrogens is 2. The van der Waals surface area contributed by atoms with Gasteiger partial charge in [0.2, 0.25) is 15.9 Å². The summed E-state index contributed by atoms with van der Waals surface area (Å²) in [5, 5.41) is 7.49. The largest absolute Gasteiger partial charge is 0.497 e. The van der Waals surface area contributed by atoms with Crippen molar-refractivity contribution in [2.24, 2.45) is 0 Å². The number of hydrogen-bond donors (Lipinski definition) is 1. The predicted molar refractivity (Wildman–Crippen MR) is 93.3 cm³/mol. The Hall–Kier alpha value is -2.98. The zero-order valence-corrected chi connectivity index (χ0v) is 15.3. The fourth-order valence-corrected chi connectivity index (χ4v) is 3.45. The highest BCUT2D eigenvalue weighted by atomic mass is 32.2. The zero-order chi connectivity index (χ0) is 19.4. The molecule has 2 aromatic carbocycles. The Bertz CT molecular complexity index is 1050. The fraction of sp³-hybridized carbons (Fsp3) is 0.176. The van der Waals surface area contributed by atoms with E-state index in [1.165, 1.54) is 44.6 Å². The minimum Gasteiger partial charge on any atom is -0.497 e. The Balaban J connectivity index is 1.80. The van der Waals surface area contributed by atoms with Crippen LogP contribution in [0.5, 0.6) is 11.5 Å². The number of benzene rings is 2. The maximum atomic E-state index is 13.8. The first-order valence-electron chi connectivity index (χ1n) is 7.73. The summed E-state index contributed by atoms with van der Waals surface area (Å²) in [5.74, 6) is -0.0639. The molecule has 3 aromatic rings. The Morgan fingerprint density at radius 2 is 1.89 bits per heavy atom. The molecule has 0 bridgehead atoms. The average molecular weight is 393 g/mol. The summed E-state index contributed by atoms with van der Waals surface area (Å²) in [7, 11) is -1.17. The molecule has 1 N–H and O–H groups in total. The smallest absolute Gasteiger partial charge is 0.250 e. The lowest BCUT2D eigenvalue weighted by molar-refractivity contribution is 0.391. The van der Waals surface area contributed by atoms with E-state index in [0.717, 1.165) is 0 Å². The maximum Gasteiger partial charge on any atom is 0.250 e. The highest BCUT2D eigenvalue weighted by Crippen LogP contribution is 2.28. The molecular weight excluding hydrogens is 377 g/mol. The quantitative estimate of drug-likeness (QED) is 0.657. The van der Waals surface area contributed by atoms with Gasteiger partial charge in [-0.15, -0.1) is 10.2 Å². The van der Waals surface area contributed by atoms with Crippen LogP contribution in [0, 0.1) is 5.82 Å². The Kier molecular flexibility index (Phi) is 5.38. The van der Waals surface area contributed by atoms with Crippen LogP contribution in [0.15, 0.2) is 51.8 Å². The number of rotatable bonds is 7. The van der Waals surface area contributed by atoms with Crippen LogP contribution in [0.4, 0.5) is 4.39 Å². The second kappa shape index (κ2) is 7.72. The van der Waals surface area contributed by atoms with Gasteiger partial charge in [-0.3, -0.25) is 0 Å². The van der Waals surface area contributed by atoms with Gasteiger partial charge in [0.1, 0.15) is 22.2 Å². The van der Waals surface area contributed by atoms with Crippen molar-refractivity contribution in [2.45, 2.75) is 11.4 Å². The van der Waals surface area contributed by atoms with Crippen molar-refractivity contribution < 1.29 is 26.7 Å². The first-order chi connectivity index (χ1) is 12.9. The third-order valence-corrected chi connectivity index (χ3v) is 5.07. The monoisotopic (exact) mass is 393 g/mol. The lowest BCUT2D eigenvalue weighted by atomic mass is 10.2. The van der Waals surface area contributed by atoms with E-state index in [1.54, 1.807) is 12.1 Å². The molecule has 0 aliphatic heterocycles. The van der Waals surface area contributed by atoms with E-state index in [0.29, 0.717) is 5.75 Å². The van der Waals surface area contributed by atoms with Crippen molar-refractivity contribution in [2.75, 3.05) is 14.2 Å². The van der Waals surface area contributed by atoms with Crippen LogP contribution in [-0.4, -0.2) is 32.8 Å². The topological polar surface area (TPSA) is 104 Å². The number of nitrogens with zero attached hydrogens (tertiary/aromatic N) is 2. The molecule has 0 amide bonds. The molecule has 0 saturated heterocycles. The van der Waals surface area contributed by atoms with Crippen LogP contribution in [0.25, 0.3) is 11.5 Å². The van der Waals surface area contributed by atoms with Gasteiger partial charge >= 0.3 is 0 Å². The Labute approximate surface area is 155 Å². The van der Waals surface area contributed by atoms with Crippen LogP contribution in [0.3, 0.4) is 0 Å². The molecule has 0 fully saturated rings. The third-order valence-electron chi connectivity index (χ3n) is 3.64. The normalized spacial score (nSPS) is 11.4. The van der Waals surface area contributed by atoms with Crippen molar-refractivity contribution in [3.05, 3.63) is 54.2 Å². The fourth-order valence-electron chi connectivity index (χ4n) is 2.30. The van der Waals surface area contributed by atoms with Gasteiger partial charge < -0.3 is 13.9 Å². The van der Waals surface area contributed by atoms with Crippen molar-refractivity contribution in [1.82, 2.24) is 14.9 Å². The summed E-state index contributed by atoms with van der Waals surface area (Å²) >= 11 is 0. The minimum absolute atomic E-state index is 0.0151. The van der Waals surface area contributed by atoms with Gasteiger partial charge in [0, 0.05) is 6.07 Å². The van der Waals surface area contributed by atoms with E-state index in [1.807, 2.05) is 0 Å². The number of halogens is 1. The minimum atomic E-state index is -3.95. The number of sulfonamides is 1. The molecule has 8 nitrogen and oxygen atoms in total. The number of hydrogen-bond acceptors (Lipinski definition) is 7. The van der Waals surface area contributed by atoms with E-state index in [2.05, 4.69) is 14.9 Å². The van der Waals surface area contributed by atoms with Crippen molar-refractivity contribution in [1.29, 1.82) is 0 Å². The van der Waals surface area contributed by atoms with Gasteiger partial charge in [-0.05, 0) is 24.3 Å². The third kappa shape index (κ3) is 4.07. The predicted octanol–water partition coefficient (Wildman–Crippen LogP) is 2.37. The van der Waals surface area contributed by atoms with Crippen LogP contribution in [0.1, 0.15) is 5.89 Å². The molecule has 3 rings (SSSR count). The highest BCUT2D eigenvalue weighted by Gasteiger charge is 2.22. The first kappa shape index (κ1) is 18.8. The second-order valence-corrected chi connectivity index (χ2v) is 7.06. The lowest BCUT2D eigenvalue weighted by Crippen LogP contribution is -2.24. The van der Waals surface area contributed by atoms with E-state index in [-0.39, 0.29) is 34.5 Å². The molecule has 0 saturated carbocycles. The van der Waals surface area contributed by atoms with Crippen molar-refractivity contribution >= 4 is 10.0 Å². The molecule has 0 aliphatic carbocycles. The summed E-state index contributed by atoms with van der Waals surface area (Å²) < 4.78 is 56.8. The van der Waals surface area contributed by atoms with Gasteiger partial charge in [0.25, 0.3) is 5.89 Å².